The number of hydrogen-bond acceptors (Lipinski definition) is 4. The number of rotatable bonds is 7. The largest absolute Gasteiger partial charge is 0.395 e. The van der Waals surface area contributed by atoms with E-state index in [4.69, 9.17) is 0 Å². The zero-order chi connectivity index (χ0) is 24.9. The van der Waals surface area contributed by atoms with E-state index < -0.39 is 0 Å². The molecule has 5 rings (SSSR count). The van der Waals surface area contributed by atoms with Crippen molar-refractivity contribution in [3.05, 3.63) is 77.1 Å². The fourth-order valence-corrected chi connectivity index (χ4v) is 5.97. The molecule has 3 heterocycles. The second-order valence-corrected chi connectivity index (χ2v) is 10.0. The van der Waals surface area contributed by atoms with E-state index in [9.17, 15) is 14.3 Å². The molecule has 192 valence electrons. The van der Waals surface area contributed by atoms with Crippen molar-refractivity contribution in [2.45, 2.75) is 44.7 Å². The zero-order valence-corrected chi connectivity index (χ0v) is 21.0. The van der Waals surface area contributed by atoms with Crippen molar-refractivity contribution >= 4 is 11.6 Å². The molecule has 3 aliphatic heterocycles. The van der Waals surface area contributed by atoms with Crippen LogP contribution in [-0.4, -0.2) is 83.0 Å². The van der Waals surface area contributed by atoms with Gasteiger partial charge in [0.1, 0.15) is 12.0 Å². The molecular weight excluding hydrogens is 455 g/mol. The van der Waals surface area contributed by atoms with Crippen LogP contribution in [0.4, 0.5) is 9.18 Å². The molecule has 2 amide bonds. The monoisotopic (exact) mass is 492 g/mol. The van der Waals surface area contributed by atoms with E-state index in [1.807, 2.05) is 28.1 Å². The lowest BCUT2D eigenvalue weighted by molar-refractivity contribution is -0.0148. The highest BCUT2D eigenvalue weighted by atomic mass is 19.1. The lowest BCUT2D eigenvalue weighted by Gasteiger charge is -2.34. The van der Waals surface area contributed by atoms with Gasteiger partial charge in [0, 0.05) is 32.7 Å². The maximum Gasteiger partial charge on any atom is 0.335 e. The van der Waals surface area contributed by atoms with Crippen LogP contribution in [0.2, 0.25) is 0 Å². The number of fused-ring (bicyclic) bond motifs is 1. The predicted octanol–water partition coefficient (Wildman–Crippen LogP) is 4.57. The van der Waals surface area contributed by atoms with Crippen molar-refractivity contribution in [3.63, 3.8) is 0 Å². The molecule has 7 heteroatoms. The molecule has 0 saturated carbocycles. The van der Waals surface area contributed by atoms with Gasteiger partial charge in [-0.15, -0.1) is 0 Å². The first-order valence-corrected chi connectivity index (χ1v) is 13.4. The van der Waals surface area contributed by atoms with E-state index in [0.29, 0.717) is 13.1 Å². The third-order valence-corrected chi connectivity index (χ3v) is 7.81. The molecule has 36 heavy (non-hydrogen) atoms. The summed E-state index contributed by atoms with van der Waals surface area (Å²) in [4.78, 5) is 17.6. The van der Waals surface area contributed by atoms with Gasteiger partial charge in [-0.1, -0.05) is 54.5 Å². The standard InChI is InChI=1S/C29H37FN4O2/c30-26-12-10-24(11-13-26)28(23-7-3-1-4-8-23)25-14-17-31(18-15-25)19-20-34-29(36)32-16-6-2-5-9-27(32)33(34)21-22-35/h1,3-4,7-8,10-13,27,35H,2,5-6,9,14-22H2. The lowest BCUT2D eigenvalue weighted by Crippen LogP contribution is -2.47. The lowest BCUT2D eigenvalue weighted by atomic mass is 9.88. The smallest absolute Gasteiger partial charge is 0.335 e. The van der Waals surface area contributed by atoms with Crippen molar-refractivity contribution in [2.75, 3.05) is 45.9 Å². The molecule has 1 N–H and O–H groups in total. The van der Waals surface area contributed by atoms with Crippen molar-refractivity contribution in [1.82, 2.24) is 19.8 Å². The summed E-state index contributed by atoms with van der Waals surface area (Å²) < 4.78 is 13.6. The van der Waals surface area contributed by atoms with Crippen LogP contribution < -0.4 is 0 Å². The van der Waals surface area contributed by atoms with Crippen LogP contribution in [0.5, 0.6) is 0 Å². The molecular formula is C29H37FN4O2. The summed E-state index contributed by atoms with van der Waals surface area (Å²) in [5, 5.41) is 13.6. The Morgan fingerprint density at radius 3 is 2.31 bits per heavy atom. The minimum atomic E-state index is -0.218. The Hall–Kier alpha value is -2.74. The highest BCUT2D eigenvalue weighted by Crippen LogP contribution is 2.33. The van der Waals surface area contributed by atoms with Crippen LogP contribution in [0, 0.1) is 5.82 Å². The number of aliphatic hydroxyl groups excluding tert-OH is 1. The van der Waals surface area contributed by atoms with Gasteiger partial charge in [0.2, 0.25) is 0 Å². The number of hydrazine groups is 1. The number of benzene rings is 2. The van der Waals surface area contributed by atoms with E-state index >= 15 is 0 Å². The van der Waals surface area contributed by atoms with Crippen molar-refractivity contribution in [2.24, 2.45) is 0 Å². The molecule has 6 nitrogen and oxygen atoms in total. The Balaban J connectivity index is 1.26. The third-order valence-electron chi connectivity index (χ3n) is 7.81. The molecule has 0 aromatic heterocycles. The summed E-state index contributed by atoms with van der Waals surface area (Å²) in [7, 11) is 0. The van der Waals surface area contributed by atoms with Gasteiger partial charge in [-0.05, 0) is 60.9 Å². The molecule has 3 aliphatic rings. The molecule has 0 spiro atoms. The van der Waals surface area contributed by atoms with E-state index in [0.717, 1.165) is 63.8 Å². The van der Waals surface area contributed by atoms with E-state index in [1.165, 1.54) is 35.3 Å². The summed E-state index contributed by atoms with van der Waals surface area (Å²) in [6.07, 6.45) is 6.32. The number of nitrogens with zero attached hydrogens (tertiary/aromatic N) is 4. The Kier molecular flexibility index (Phi) is 7.99. The first-order chi connectivity index (χ1) is 17.7. The fourth-order valence-electron chi connectivity index (χ4n) is 5.97. The van der Waals surface area contributed by atoms with E-state index in [1.54, 1.807) is 0 Å². The van der Waals surface area contributed by atoms with Gasteiger partial charge in [-0.25, -0.2) is 9.18 Å². The fraction of sp³-hybridized carbons (Fsp3) is 0.483. The van der Waals surface area contributed by atoms with Gasteiger partial charge in [0.05, 0.1) is 13.2 Å². The van der Waals surface area contributed by atoms with Crippen molar-refractivity contribution in [3.8, 4) is 0 Å². The predicted molar refractivity (Wildman–Crippen MR) is 139 cm³/mol. The molecule has 1 atom stereocenters. The van der Waals surface area contributed by atoms with Crippen molar-refractivity contribution in [1.29, 1.82) is 0 Å². The molecule has 0 radical (unpaired) electrons. The number of likely N-dealkylation sites (tertiary alicyclic amines) is 1. The average Bonchev–Trinajstić information content (AvgIpc) is 3.05. The Morgan fingerprint density at radius 1 is 0.861 bits per heavy atom. The Morgan fingerprint density at radius 2 is 1.58 bits per heavy atom. The van der Waals surface area contributed by atoms with Gasteiger partial charge < -0.3 is 14.9 Å². The molecule has 1 unspecified atom stereocenters. The van der Waals surface area contributed by atoms with Crippen LogP contribution >= 0.6 is 0 Å². The zero-order valence-electron chi connectivity index (χ0n) is 21.0. The number of piperidine rings is 1. The number of β-amino-alcohol motifs (C(OH)–C–C–N with tert-alkyl or cyclic N) is 1. The summed E-state index contributed by atoms with van der Waals surface area (Å²) >= 11 is 0. The van der Waals surface area contributed by atoms with Crippen LogP contribution in [0.25, 0.3) is 5.57 Å². The highest BCUT2D eigenvalue weighted by molar-refractivity contribution is 5.82. The number of carbonyl (C=O) groups is 1. The molecule has 3 saturated heterocycles. The number of amides is 2. The summed E-state index contributed by atoms with van der Waals surface area (Å²) in [5.41, 5.74) is 4.84. The molecule has 3 fully saturated rings. The minimum absolute atomic E-state index is 0.0532. The SMILES string of the molecule is O=C1N2CCCCCC2N(CCO)N1CCN1CCC(=C(c2ccccc2)c2ccc(F)cc2)CC1. The minimum Gasteiger partial charge on any atom is -0.395 e. The van der Waals surface area contributed by atoms with Gasteiger partial charge in [0.25, 0.3) is 0 Å². The number of aliphatic hydroxyl groups is 1. The van der Waals surface area contributed by atoms with Crippen LogP contribution in [0.1, 0.15) is 49.7 Å². The normalized spacial score (nSPS) is 21.6. The number of hydrogen-bond donors (Lipinski definition) is 1. The van der Waals surface area contributed by atoms with E-state index in [-0.39, 0.29) is 24.6 Å². The third kappa shape index (κ3) is 5.33. The first kappa shape index (κ1) is 24.9. The van der Waals surface area contributed by atoms with E-state index in [2.05, 4.69) is 34.2 Å². The summed E-state index contributed by atoms with van der Waals surface area (Å²) in [6, 6.07) is 17.3. The maximum atomic E-state index is 13.6. The van der Waals surface area contributed by atoms with Gasteiger partial charge in [-0.3, -0.25) is 5.01 Å². The average molecular weight is 493 g/mol. The van der Waals surface area contributed by atoms with Crippen LogP contribution in [0.15, 0.2) is 60.2 Å². The molecule has 0 bridgehead atoms. The topological polar surface area (TPSA) is 50.3 Å². The van der Waals surface area contributed by atoms with Crippen LogP contribution in [-0.2, 0) is 0 Å². The van der Waals surface area contributed by atoms with Gasteiger partial charge in [-0.2, -0.15) is 5.01 Å². The van der Waals surface area contributed by atoms with Crippen LogP contribution in [0.3, 0.4) is 0 Å². The van der Waals surface area contributed by atoms with Crippen molar-refractivity contribution < 1.29 is 14.3 Å². The summed E-state index contributed by atoms with van der Waals surface area (Å²) in [5.74, 6) is -0.218. The Labute approximate surface area is 213 Å². The quantitative estimate of drug-likeness (QED) is 0.615. The second-order valence-electron chi connectivity index (χ2n) is 10.0. The first-order valence-electron chi connectivity index (χ1n) is 13.4. The summed E-state index contributed by atoms with van der Waals surface area (Å²) in [6.45, 7) is 4.69. The number of halogens is 1. The Bertz CT molecular complexity index is 1050. The highest BCUT2D eigenvalue weighted by Gasteiger charge is 2.43. The molecule has 2 aromatic carbocycles. The second kappa shape index (κ2) is 11.5. The molecule has 0 aliphatic carbocycles. The van der Waals surface area contributed by atoms with Gasteiger partial charge >= 0.3 is 6.03 Å². The number of urea groups is 1. The van der Waals surface area contributed by atoms with Gasteiger partial charge in [0.15, 0.2) is 0 Å². The molecule has 2 aromatic rings. The number of carbonyl (C=O) groups excluding carboxylic acids is 1. The maximum absolute atomic E-state index is 13.6.